The molecule has 1 rings (SSSR count). The van der Waals surface area contributed by atoms with E-state index in [2.05, 4.69) is 18.6 Å². The van der Waals surface area contributed by atoms with Gasteiger partial charge in [-0.3, -0.25) is 0 Å². The molecule has 123 valence electrons. The zero-order valence-corrected chi connectivity index (χ0v) is 14.5. The summed E-state index contributed by atoms with van der Waals surface area (Å²) in [5.74, 6) is 0. The van der Waals surface area contributed by atoms with Crippen LogP contribution in [0.25, 0.3) is 0 Å². The molecule has 1 aliphatic rings. The van der Waals surface area contributed by atoms with Crippen molar-refractivity contribution >= 4 is 0 Å². The number of allylic oxidation sites excluding steroid dienone is 2. The lowest BCUT2D eigenvalue weighted by atomic mass is 10.0. The van der Waals surface area contributed by atoms with Crippen LogP contribution in [0.3, 0.4) is 0 Å². The molecule has 0 aromatic rings. The van der Waals surface area contributed by atoms with Crippen LogP contribution in [-0.2, 0) is 0 Å². The Morgan fingerprint density at radius 3 is 1.10 bits per heavy atom. The van der Waals surface area contributed by atoms with Crippen LogP contribution in [0.5, 0.6) is 0 Å². The Morgan fingerprint density at radius 1 is 0.333 bits per heavy atom. The van der Waals surface area contributed by atoms with E-state index in [0.717, 1.165) is 0 Å². The van der Waals surface area contributed by atoms with Crippen molar-refractivity contribution in [3.8, 4) is 0 Å². The maximum Gasteiger partial charge on any atom is -0.0171 e. The fourth-order valence-electron chi connectivity index (χ4n) is 3.29. The highest BCUT2D eigenvalue weighted by Gasteiger charge is 1.95. The Bertz CT molecular complexity index is 194. The fourth-order valence-corrected chi connectivity index (χ4v) is 3.29. The van der Waals surface area contributed by atoms with Gasteiger partial charge in [-0.25, -0.2) is 0 Å². The van der Waals surface area contributed by atoms with Crippen LogP contribution in [0, 0.1) is 6.42 Å². The summed E-state index contributed by atoms with van der Waals surface area (Å²) in [6.45, 7) is 0. The van der Waals surface area contributed by atoms with E-state index in [1.165, 1.54) is 116 Å². The summed E-state index contributed by atoms with van der Waals surface area (Å²) in [7, 11) is 0. The third kappa shape index (κ3) is 14.4. The van der Waals surface area contributed by atoms with Crippen LogP contribution in [0.15, 0.2) is 12.2 Å². The van der Waals surface area contributed by atoms with Crippen LogP contribution in [0.2, 0.25) is 0 Å². The van der Waals surface area contributed by atoms with Crippen LogP contribution in [0.1, 0.15) is 116 Å². The van der Waals surface area contributed by atoms with Gasteiger partial charge in [0.25, 0.3) is 0 Å². The predicted octanol–water partition coefficient (Wildman–Crippen LogP) is 7.78. The Balaban J connectivity index is 2.05. The number of hydrogen-bond donors (Lipinski definition) is 0. The van der Waals surface area contributed by atoms with Crippen LogP contribution in [0.4, 0.5) is 0 Å². The maximum absolute atomic E-state index is 2.38. The number of rotatable bonds is 0. The van der Waals surface area contributed by atoms with Gasteiger partial charge in [-0.05, 0) is 25.7 Å². The van der Waals surface area contributed by atoms with Gasteiger partial charge in [0.2, 0.25) is 0 Å². The maximum atomic E-state index is 2.38. The summed E-state index contributed by atoms with van der Waals surface area (Å²) < 4.78 is 0. The molecule has 0 amide bonds. The van der Waals surface area contributed by atoms with Crippen molar-refractivity contribution < 1.29 is 0 Å². The molecule has 0 unspecified atom stereocenters. The summed E-state index contributed by atoms with van der Waals surface area (Å²) in [4.78, 5) is 0. The first-order chi connectivity index (χ1) is 10.5. The molecular formula is C21H39. The second-order valence-electron chi connectivity index (χ2n) is 6.90. The molecule has 0 aromatic heterocycles. The molecule has 0 atom stereocenters. The lowest BCUT2D eigenvalue weighted by Gasteiger charge is -2.03. The third-order valence-corrected chi connectivity index (χ3v) is 4.76. The molecule has 0 nitrogen and oxygen atoms in total. The van der Waals surface area contributed by atoms with E-state index >= 15 is 0 Å². The van der Waals surface area contributed by atoms with Crippen LogP contribution >= 0.6 is 0 Å². The quantitative estimate of drug-likeness (QED) is 0.427. The van der Waals surface area contributed by atoms with Crippen molar-refractivity contribution in [2.45, 2.75) is 116 Å². The minimum Gasteiger partial charge on any atom is -0.0882 e. The van der Waals surface area contributed by atoms with Crippen molar-refractivity contribution in [2.24, 2.45) is 0 Å². The topological polar surface area (TPSA) is 0 Å². The molecule has 0 aliphatic heterocycles. The van der Waals surface area contributed by atoms with E-state index in [1.807, 2.05) is 0 Å². The molecule has 0 bridgehead atoms. The lowest BCUT2D eigenvalue weighted by molar-refractivity contribution is 0.528. The van der Waals surface area contributed by atoms with E-state index in [9.17, 15) is 0 Å². The summed E-state index contributed by atoms with van der Waals surface area (Å²) in [5, 5.41) is 0. The van der Waals surface area contributed by atoms with E-state index in [-0.39, 0.29) is 0 Å². The lowest BCUT2D eigenvalue weighted by Crippen LogP contribution is -1.83. The molecule has 0 heteroatoms. The first-order valence-corrected chi connectivity index (χ1v) is 9.98. The van der Waals surface area contributed by atoms with E-state index in [4.69, 9.17) is 0 Å². The molecule has 0 saturated carbocycles. The van der Waals surface area contributed by atoms with Gasteiger partial charge in [-0.1, -0.05) is 108 Å². The van der Waals surface area contributed by atoms with Gasteiger partial charge < -0.3 is 0 Å². The van der Waals surface area contributed by atoms with Gasteiger partial charge in [-0.2, -0.15) is 0 Å². The predicted molar refractivity (Wildman–Crippen MR) is 96.5 cm³/mol. The van der Waals surface area contributed by atoms with Gasteiger partial charge >= 0.3 is 0 Å². The van der Waals surface area contributed by atoms with Crippen molar-refractivity contribution in [1.82, 2.24) is 0 Å². The second-order valence-corrected chi connectivity index (χ2v) is 6.90. The van der Waals surface area contributed by atoms with Crippen LogP contribution < -0.4 is 0 Å². The van der Waals surface area contributed by atoms with Gasteiger partial charge in [0, 0.05) is 0 Å². The van der Waals surface area contributed by atoms with Crippen molar-refractivity contribution in [2.75, 3.05) is 0 Å². The summed E-state index contributed by atoms with van der Waals surface area (Å²) >= 11 is 0. The Labute approximate surface area is 134 Å². The molecule has 1 aliphatic carbocycles. The molecule has 0 saturated heterocycles. The van der Waals surface area contributed by atoms with E-state index in [1.54, 1.807) is 0 Å². The van der Waals surface area contributed by atoms with E-state index in [0.29, 0.717) is 0 Å². The van der Waals surface area contributed by atoms with Crippen LogP contribution in [-0.4, -0.2) is 0 Å². The highest BCUT2D eigenvalue weighted by molar-refractivity contribution is 4.94. The van der Waals surface area contributed by atoms with Gasteiger partial charge in [0.1, 0.15) is 0 Å². The monoisotopic (exact) mass is 291 g/mol. The summed E-state index contributed by atoms with van der Waals surface area (Å²) in [5.41, 5.74) is 0. The zero-order valence-electron chi connectivity index (χ0n) is 14.5. The highest BCUT2D eigenvalue weighted by atomic mass is 14.0. The largest absolute Gasteiger partial charge is 0.0882 e. The normalized spacial score (nSPS) is 24.8. The van der Waals surface area contributed by atoms with Gasteiger partial charge in [-0.15, -0.1) is 0 Å². The van der Waals surface area contributed by atoms with E-state index < -0.39 is 0 Å². The SMILES string of the molecule is [CH]1/C=C\CCCCCCCCCCCCCCCCCC1. The van der Waals surface area contributed by atoms with Gasteiger partial charge in [0.15, 0.2) is 0 Å². The minimum absolute atomic E-state index is 1.29. The molecule has 0 aromatic carbocycles. The smallest absolute Gasteiger partial charge is 0.0171 e. The van der Waals surface area contributed by atoms with Gasteiger partial charge in [0.05, 0.1) is 0 Å². The average molecular weight is 292 g/mol. The molecule has 1 radical (unpaired) electrons. The third-order valence-electron chi connectivity index (χ3n) is 4.76. The summed E-state index contributed by atoms with van der Waals surface area (Å²) in [6.07, 6.45) is 33.0. The standard InChI is InChI=1S/C21H39/c1-2-4-6-8-10-12-14-16-18-20-21-19-17-15-13-11-9-7-5-3-1/h1-3H,4-21H2/b2-1-. The second kappa shape index (κ2) is 16.1. The molecule has 0 heterocycles. The van der Waals surface area contributed by atoms with Crippen molar-refractivity contribution in [3.63, 3.8) is 0 Å². The molecule has 0 fully saturated rings. The first-order valence-electron chi connectivity index (χ1n) is 9.98. The van der Waals surface area contributed by atoms with Crippen molar-refractivity contribution in [3.05, 3.63) is 18.6 Å². The fraction of sp³-hybridized carbons (Fsp3) is 0.857. The van der Waals surface area contributed by atoms with Crippen molar-refractivity contribution in [1.29, 1.82) is 0 Å². The molecule has 21 heavy (non-hydrogen) atoms. The Kier molecular flexibility index (Phi) is 14.4. The Morgan fingerprint density at radius 2 is 0.667 bits per heavy atom. The minimum atomic E-state index is 1.29. The molecular weight excluding hydrogens is 252 g/mol. The number of hydrogen-bond acceptors (Lipinski definition) is 0. The molecule has 0 spiro atoms. The zero-order chi connectivity index (χ0) is 14.8. The summed E-state index contributed by atoms with van der Waals surface area (Å²) in [6, 6.07) is 0. The first kappa shape index (κ1) is 18.8. The Hall–Kier alpha value is -0.260. The molecule has 0 N–H and O–H groups in total. The average Bonchev–Trinajstić information content (AvgIpc) is 2.50. The highest BCUT2D eigenvalue weighted by Crippen LogP contribution is 2.15.